The van der Waals surface area contributed by atoms with Gasteiger partial charge in [0, 0.05) is 18.6 Å². The van der Waals surface area contributed by atoms with Gasteiger partial charge in [0.05, 0.1) is 12.5 Å². The molecule has 0 saturated carbocycles. The molecule has 0 radical (unpaired) electrons. The number of hydrogen-bond donors (Lipinski definition) is 6. The first-order valence-corrected chi connectivity index (χ1v) is 12.4. The number of rotatable bonds is 13. The molecular weight excluding hydrogens is 484 g/mol. The van der Waals surface area contributed by atoms with E-state index in [0.29, 0.717) is 6.54 Å². The molecule has 1 aliphatic rings. The predicted octanol–water partition coefficient (Wildman–Crippen LogP) is -0.790. The zero-order valence-electron chi connectivity index (χ0n) is 22.8. The molecule has 0 unspecified atom stereocenters. The Labute approximate surface area is 217 Å². The van der Waals surface area contributed by atoms with Crippen molar-refractivity contribution >= 4 is 35.5 Å². The summed E-state index contributed by atoms with van der Waals surface area (Å²) in [5, 5.41) is 21.7. The van der Waals surface area contributed by atoms with Crippen molar-refractivity contribution < 1.29 is 33.9 Å². The van der Waals surface area contributed by atoms with Gasteiger partial charge < -0.3 is 36.6 Å². The highest BCUT2D eigenvalue weighted by atomic mass is 16.4. The lowest BCUT2D eigenvalue weighted by atomic mass is 9.93. The smallest absolute Gasteiger partial charge is 0.405 e. The van der Waals surface area contributed by atoms with Crippen LogP contribution in [0, 0.1) is 11.8 Å². The molecule has 1 saturated heterocycles. The number of carboxylic acid groups (broad SMARTS) is 1. The van der Waals surface area contributed by atoms with E-state index < -0.39 is 65.1 Å². The third-order valence-corrected chi connectivity index (χ3v) is 5.46. The molecule has 0 aliphatic carbocycles. The molecule has 1 rings (SSSR count). The van der Waals surface area contributed by atoms with Crippen LogP contribution < -0.4 is 26.6 Å². The van der Waals surface area contributed by atoms with Crippen LogP contribution in [0.25, 0.3) is 0 Å². The molecule has 210 valence electrons. The summed E-state index contributed by atoms with van der Waals surface area (Å²) in [5.41, 5.74) is -0.577. The Balaban J connectivity index is 3.14. The number of nitrogens with zero attached hydrogens (tertiary/aromatic N) is 1. The Morgan fingerprint density at radius 2 is 1.57 bits per heavy atom. The van der Waals surface area contributed by atoms with Gasteiger partial charge in [-0.2, -0.15) is 0 Å². The second kappa shape index (κ2) is 13.9. The molecule has 13 nitrogen and oxygen atoms in total. The molecule has 4 atom stereocenters. The summed E-state index contributed by atoms with van der Waals surface area (Å²) < 4.78 is 0. The van der Waals surface area contributed by atoms with Gasteiger partial charge in [-0.15, -0.1) is 0 Å². The standard InChI is InChI=1S/C24H42N6O7/c1-13(2)10-16(27-22(35)17(12-30(6)7)28-23(36)37)21(34)26-15(11-18(31)29-24(3,4)5)19(32)14-8-9-25-20(14)33/h13-17,28H,8-12H2,1-7H3,(H,25,33)(H,26,34)(H,27,35)(H,29,31)(H,36,37)/t14-,15-,16-,17-/m0/s1. The van der Waals surface area contributed by atoms with Crippen LogP contribution in [0.3, 0.4) is 0 Å². The van der Waals surface area contributed by atoms with Crippen molar-refractivity contribution in [2.24, 2.45) is 11.8 Å². The molecule has 13 heteroatoms. The van der Waals surface area contributed by atoms with Gasteiger partial charge in [0.1, 0.15) is 18.0 Å². The minimum absolute atomic E-state index is 0.0465. The van der Waals surface area contributed by atoms with Gasteiger partial charge in [-0.25, -0.2) is 4.79 Å². The van der Waals surface area contributed by atoms with Gasteiger partial charge in [-0.1, -0.05) is 13.8 Å². The monoisotopic (exact) mass is 526 g/mol. The van der Waals surface area contributed by atoms with Crippen molar-refractivity contribution in [2.75, 3.05) is 27.2 Å². The lowest BCUT2D eigenvalue weighted by Gasteiger charge is -2.28. The summed E-state index contributed by atoms with van der Waals surface area (Å²) >= 11 is 0. The Morgan fingerprint density at radius 3 is 2.03 bits per heavy atom. The molecule has 0 spiro atoms. The molecule has 0 aromatic carbocycles. The van der Waals surface area contributed by atoms with Crippen molar-refractivity contribution in [2.45, 2.75) is 77.5 Å². The van der Waals surface area contributed by atoms with E-state index in [2.05, 4.69) is 26.6 Å². The highest BCUT2D eigenvalue weighted by molar-refractivity contribution is 6.07. The summed E-state index contributed by atoms with van der Waals surface area (Å²) in [6.07, 6.45) is -1.32. The molecule has 0 bridgehead atoms. The Kier molecular flexibility index (Phi) is 12.0. The fourth-order valence-corrected chi connectivity index (χ4v) is 3.94. The number of hydrogen-bond acceptors (Lipinski definition) is 7. The van der Waals surface area contributed by atoms with Crippen LogP contribution in [0.15, 0.2) is 0 Å². The zero-order chi connectivity index (χ0) is 28.5. The van der Waals surface area contributed by atoms with E-state index in [0.717, 1.165) is 0 Å². The van der Waals surface area contributed by atoms with Gasteiger partial charge >= 0.3 is 6.09 Å². The molecule has 5 amide bonds. The number of nitrogens with one attached hydrogen (secondary N) is 5. The maximum atomic E-state index is 13.3. The SMILES string of the molecule is CC(C)C[C@H](NC(=O)[C@H](CN(C)C)NC(=O)O)C(=O)N[C@@H](CC(=O)NC(C)(C)C)C(=O)[C@@H]1CCNC1=O. The number of amides is 5. The summed E-state index contributed by atoms with van der Waals surface area (Å²) in [7, 11) is 3.33. The van der Waals surface area contributed by atoms with Crippen molar-refractivity contribution in [1.29, 1.82) is 0 Å². The Bertz CT molecular complexity index is 868. The summed E-state index contributed by atoms with van der Waals surface area (Å²) in [4.78, 5) is 76.9. The fourth-order valence-electron chi connectivity index (χ4n) is 3.94. The average molecular weight is 527 g/mol. The average Bonchev–Trinajstić information content (AvgIpc) is 3.15. The molecule has 0 aromatic heterocycles. The molecule has 1 heterocycles. The van der Waals surface area contributed by atoms with Gasteiger partial charge in [0.2, 0.25) is 23.6 Å². The van der Waals surface area contributed by atoms with Crippen LogP contribution in [-0.4, -0.2) is 96.4 Å². The van der Waals surface area contributed by atoms with Crippen LogP contribution in [0.5, 0.6) is 0 Å². The molecule has 0 aromatic rings. The van der Waals surface area contributed by atoms with Crippen LogP contribution in [0.2, 0.25) is 0 Å². The van der Waals surface area contributed by atoms with E-state index in [1.807, 2.05) is 13.8 Å². The van der Waals surface area contributed by atoms with Crippen LogP contribution in [0.4, 0.5) is 4.79 Å². The second-order valence-electron chi connectivity index (χ2n) is 11.1. The normalized spacial score (nSPS) is 18.0. The summed E-state index contributed by atoms with van der Waals surface area (Å²) in [5.74, 6) is -3.98. The molecular formula is C24H42N6O7. The topological polar surface area (TPSA) is 186 Å². The molecule has 1 fully saturated rings. The predicted molar refractivity (Wildman–Crippen MR) is 135 cm³/mol. The van der Waals surface area contributed by atoms with Crippen molar-refractivity contribution in [3.8, 4) is 0 Å². The number of carbonyl (C=O) groups is 6. The molecule has 37 heavy (non-hydrogen) atoms. The largest absolute Gasteiger partial charge is 0.465 e. The van der Waals surface area contributed by atoms with E-state index in [9.17, 15) is 28.8 Å². The number of ketones is 1. The van der Waals surface area contributed by atoms with Crippen molar-refractivity contribution in [3.05, 3.63) is 0 Å². The first-order chi connectivity index (χ1) is 17.0. The van der Waals surface area contributed by atoms with Gasteiger partial charge in [-0.3, -0.25) is 24.0 Å². The van der Waals surface area contributed by atoms with E-state index in [1.54, 1.807) is 39.8 Å². The van der Waals surface area contributed by atoms with Crippen LogP contribution >= 0.6 is 0 Å². The van der Waals surface area contributed by atoms with Gasteiger partial charge in [0.15, 0.2) is 5.78 Å². The number of likely N-dealkylation sites (N-methyl/N-ethyl adjacent to an activating group) is 1. The molecule has 6 N–H and O–H groups in total. The lowest BCUT2D eigenvalue weighted by molar-refractivity contribution is -0.138. The van der Waals surface area contributed by atoms with Crippen LogP contribution in [0.1, 0.15) is 53.9 Å². The first-order valence-electron chi connectivity index (χ1n) is 12.4. The van der Waals surface area contributed by atoms with E-state index in [1.165, 1.54) is 0 Å². The van der Waals surface area contributed by atoms with E-state index in [-0.39, 0.29) is 31.7 Å². The second-order valence-corrected chi connectivity index (χ2v) is 11.1. The van der Waals surface area contributed by atoms with Crippen LogP contribution in [-0.2, 0) is 24.0 Å². The zero-order valence-corrected chi connectivity index (χ0v) is 22.8. The lowest BCUT2D eigenvalue weighted by Crippen LogP contribution is -2.58. The summed E-state index contributed by atoms with van der Waals surface area (Å²) in [6.45, 7) is 9.36. The quantitative estimate of drug-likeness (QED) is 0.169. The van der Waals surface area contributed by atoms with Gasteiger partial charge in [-0.05, 0) is 53.6 Å². The van der Waals surface area contributed by atoms with E-state index >= 15 is 0 Å². The molecule has 1 aliphatic heterocycles. The van der Waals surface area contributed by atoms with Crippen molar-refractivity contribution in [1.82, 2.24) is 31.5 Å². The Morgan fingerprint density at radius 1 is 1.00 bits per heavy atom. The van der Waals surface area contributed by atoms with Crippen molar-refractivity contribution in [3.63, 3.8) is 0 Å². The maximum absolute atomic E-state index is 13.3. The first kappa shape index (κ1) is 31.8. The number of Topliss-reactive ketones (excluding diaryl/α,β-unsaturated/α-hetero) is 1. The Hall–Kier alpha value is -3.22. The maximum Gasteiger partial charge on any atom is 0.405 e. The highest BCUT2D eigenvalue weighted by Gasteiger charge is 2.38. The minimum Gasteiger partial charge on any atom is -0.465 e. The van der Waals surface area contributed by atoms with Gasteiger partial charge in [0.25, 0.3) is 0 Å². The fraction of sp³-hybridized carbons (Fsp3) is 0.750. The minimum atomic E-state index is -1.39. The highest BCUT2D eigenvalue weighted by Crippen LogP contribution is 2.16. The van der Waals surface area contributed by atoms with E-state index in [4.69, 9.17) is 5.11 Å². The summed E-state index contributed by atoms with van der Waals surface area (Å²) in [6, 6.07) is -3.54. The third kappa shape index (κ3) is 11.6. The third-order valence-electron chi connectivity index (χ3n) is 5.46. The number of carbonyl (C=O) groups excluding carboxylic acids is 5.